The zero-order valence-electron chi connectivity index (χ0n) is 16.3. The summed E-state index contributed by atoms with van der Waals surface area (Å²) in [5.41, 5.74) is 5.82. The molecule has 0 aliphatic heterocycles. The fraction of sp³-hybridized carbons (Fsp3) is 0.545. The summed E-state index contributed by atoms with van der Waals surface area (Å²) in [5, 5.41) is 0. The van der Waals surface area contributed by atoms with Crippen molar-refractivity contribution in [3.63, 3.8) is 0 Å². The van der Waals surface area contributed by atoms with Crippen LogP contribution in [0.25, 0.3) is 0 Å². The summed E-state index contributed by atoms with van der Waals surface area (Å²) < 4.78 is 0. The first-order valence-corrected chi connectivity index (χ1v) is 8.22. The summed E-state index contributed by atoms with van der Waals surface area (Å²) in [4.78, 5) is 0. The third kappa shape index (κ3) is 11.1. The molecule has 0 amide bonds. The van der Waals surface area contributed by atoms with Crippen molar-refractivity contribution in [2.45, 2.75) is 79.1 Å². The van der Waals surface area contributed by atoms with Crippen LogP contribution in [0.3, 0.4) is 0 Å². The van der Waals surface area contributed by atoms with E-state index in [0.717, 1.165) is 12.8 Å². The first-order valence-electron chi connectivity index (χ1n) is 8.22. The number of allylic oxidation sites excluding steroid dienone is 8. The monoisotopic (exact) mass is 390 g/mol. The van der Waals surface area contributed by atoms with Gasteiger partial charge in [-0.05, 0) is 0 Å². The molecule has 2 aliphatic carbocycles. The molecule has 0 nitrogen and oxygen atoms in total. The van der Waals surface area contributed by atoms with Crippen molar-refractivity contribution in [3.8, 4) is 0 Å². The third-order valence-electron chi connectivity index (χ3n) is 3.96. The van der Waals surface area contributed by atoms with Crippen molar-refractivity contribution in [2.24, 2.45) is 0 Å². The first kappa shape index (κ1) is 27.7. The standard InChI is InChI=1S/2C10H15.2CH3.Zr/c2*1-3-4-7-10-8-5-6-9(10)2;;;/h2*6H,3-5,7H2,1-2H3;2*1H3;/q4*-1;+4. The Balaban J connectivity index is -0.000000308. The molecule has 128 valence electrons. The zero-order chi connectivity index (χ0) is 14.8. The molecule has 0 saturated carbocycles. The molecule has 2 rings (SSSR count). The summed E-state index contributed by atoms with van der Waals surface area (Å²) in [6, 6.07) is 0. The Hall–Kier alpha value is -0.157. The van der Waals surface area contributed by atoms with Crippen LogP contribution in [-0.2, 0) is 26.2 Å². The Kier molecular flexibility index (Phi) is 20.1. The van der Waals surface area contributed by atoms with E-state index < -0.39 is 0 Å². The minimum absolute atomic E-state index is 0. The molecule has 23 heavy (non-hydrogen) atoms. The second kappa shape index (κ2) is 16.7. The van der Waals surface area contributed by atoms with E-state index in [1.807, 2.05) is 0 Å². The second-order valence-corrected chi connectivity index (χ2v) is 5.70. The molecule has 0 N–H and O–H groups in total. The van der Waals surface area contributed by atoms with E-state index >= 15 is 0 Å². The van der Waals surface area contributed by atoms with Crippen LogP contribution in [0.4, 0.5) is 0 Å². The molecule has 2 aliphatic rings. The predicted octanol–water partition coefficient (Wildman–Crippen LogP) is 7.41. The molecule has 0 spiro atoms. The molecule has 0 radical (unpaired) electrons. The van der Waals surface area contributed by atoms with Gasteiger partial charge in [0.05, 0.1) is 0 Å². The van der Waals surface area contributed by atoms with E-state index in [1.54, 1.807) is 0 Å². The molecule has 0 heterocycles. The quantitative estimate of drug-likeness (QED) is 0.413. The minimum atomic E-state index is 0. The van der Waals surface area contributed by atoms with Crippen LogP contribution < -0.4 is 0 Å². The molecule has 0 saturated heterocycles. The molecule has 0 aromatic rings. The Morgan fingerprint density at radius 1 is 0.783 bits per heavy atom. The van der Waals surface area contributed by atoms with Gasteiger partial charge in [-0.15, -0.1) is 26.7 Å². The first-order chi connectivity index (χ1) is 9.69. The number of hydrogen-bond donors (Lipinski definition) is 0. The normalized spacial score (nSPS) is 14.8. The fourth-order valence-electron chi connectivity index (χ4n) is 2.46. The molecule has 0 atom stereocenters. The van der Waals surface area contributed by atoms with Crippen LogP contribution in [0, 0.1) is 27.0 Å². The van der Waals surface area contributed by atoms with Crippen molar-refractivity contribution in [2.75, 3.05) is 0 Å². The van der Waals surface area contributed by atoms with Crippen LogP contribution in [0.5, 0.6) is 0 Å². The third-order valence-corrected chi connectivity index (χ3v) is 3.96. The zero-order valence-corrected chi connectivity index (χ0v) is 18.8. The predicted molar refractivity (Wildman–Crippen MR) is 102 cm³/mol. The Morgan fingerprint density at radius 3 is 1.35 bits per heavy atom. The van der Waals surface area contributed by atoms with Gasteiger partial charge >= 0.3 is 26.2 Å². The number of unbranched alkanes of at least 4 members (excludes halogenated alkanes) is 2. The summed E-state index contributed by atoms with van der Waals surface area (Å²) in [7, 11) is 0. The Bertz CT molecular complexity index is 368. The molecule has 1 heteroatoms. The van der Waals surface area contributed by atoms with Gasteiger partial charge in [-0.1, -0.05) is 52.4 Å². The maximum Gasteiger partial charge on any atom is 4.00 e. The van der Waals surface area contributed by atoms with E-state index in [1.165, 1.54) is 60.8 Å². The van der Waals surface area contributed by atoms with E-state index in [4.69, 9.17) is 0 Å². The maximum atomic E-state index is 3.37. The van der Waals surface area contributed by atoms with Gasteiger partial charge in [0.2, 0.25) is 0 Å². The largest absolute Gasteiger partial charge is 4.00 e. The Labute approximate surface area is 166 Å². The second-order valence-electron chi connectivity index (χ2n) is 5.70. The summed E-state index contributed by atoms with van der Waals surface area (Å²) in [6.45, 7) is 8.83. The van der Waals surface area contributed by atoms with E-state index in [2.05, 4.69) is 52.0 Å². The van der Waals surface area contributed by atoms with Gasteiger partial charge in [-0.2, -0.15) is 12.2 Å². The van der Waals surface area contributed by atoms with Crippen molar-refractivity contribution < 1.29 is 26.2 Å². The van der Waals surface area contributed by atoms with Crippen LogP contribution in [0.1, 0.15) is 79.1 Å². The van der Waals surface area contributed by atoms with Crippen LogP contribution in [0.15, 0.2) is 34.4 Å². The molecular weight excluding hydrogens is 355 g/mol. The average molecular weight is 392 g/mol. The van der Waals surface area contributed by atoms with Gasteiger partial charge in [-0.3, -0.25) is 12.2 Å². The van der Waals surface area contributed by atoms with Crippen LogP contribution >= 0.6 is 0 Å². The summed E-state index contributed by atoms with van der Waals surface area (Å²) >= 11 is 0. The molecular formula is C22H36Zr. The SMILES string of the molecule is CCCCC1=[C-]CC=C1C.CCCCC1=[C-]CC=C1C.[CH3-].[CH3-].[Zr+4]. The van der Waals surface area contributed by atoms with Gasteiger partial charge in [0, 0.05) is 0 Å². The molecule has 0 unspecified atom stereocenters. The molecule has 0 aromatic carbocycles. The van der Waals surface area contributed by atoms with Gasteiger partial charge in [0.25, 0.3) is 0 Å². The van der Waals surface area contributed by atoms with Gasteiger partial charge < -0.3 is 14.9 Å². The minimum Gasteiger partial charge on any atom is -0.358 e. The van der Waals surface area contributed by atoms with Gasteiger partial charge in [0.1, 0.15) is 0 Å². The number of hydrogen-bond acceptors (Lipinski definition) is 0. The van der Waals surface area contributed by atoms with Crippen LogP contribution in [0.2, 0.25) is 0 Å². The topological polar surface area (TPSA) is 0 Å². The molecule has 0 aromatic heterocycles. The van der Waals surface area contributed by atoms with E-state index in [0.29, 0.717) is 0 Å². The van der Waals surface area contributed by atoms with E-state index in [9.17, 15) is 0 Å². The smallest absolute Gasteiger partial charge is 0.358 e. The molecule has 0 fully saturated rings. The van der Waals surface area contributed by atoms with Crippen molar-refractivity contribution in [3.05, 3.63) is 61.4 Å². The van der Waals surface area contributed by atoms with Crippen LogP contribution in [-0.4, -0.2) is 0 Å². The maximum absolute atomic E-state index is 3.37. The number of rotatable bonds is 6. The fourth-order valence-corrected chi connectivity index (χ4v) is 2.46. The van der Waals surface area contributed by atoms with Crippen molar-refractivity contribution in [1.82, 2.24) is 0 Å². The molecule has 0 bridgehead atoms. The average Bonchev–Trinajstić information content (AvgIpc) is 3.04. The summed E-state index contributed by atoms with van der Waals surface area (Å²) in [6.07, 6.45) is 21.0. The Morgan fingerprint density at radius 2 is 1.13 bits per heavy atom. The van der Waals surface area contributed by atoms with Gasteiger partial charge in [0.15, 0.2) is 0 Å². The van der Waals surface area contributed by atoms with E-state index in [-0.39, 0.29) is 41.1 Å². The van der Waals surface area contributed by atoms with Crippen molar-refractivity contribution in [1.29, 1.82) is 0 Å². The van der Waals surface area contributed by atoms with Crippen molar-refractivity contribution >= 4 is 0 Å². The summed E-state index contributed by atoms with van der Waals surface area (Å²) in [5.74, 6) is 0. The van der Waals surface area contributed by atoms with Gasteiger partial charge in [-0.25, -0.2) is 22.3 Å².